The fourth-order valence-electron chi connectivity index (χ4n) is 0. The zero-order valence-electron chi connectivity index (χ0n) is 6.65. The molecule has 0 saturated carbocycles. The Kier molecular flexibility index (Phi) is 7.91. The topological polar surface area (TPSA) is 108 Å². The van der Waals surface area contributed by atoms with E-state index < -0.39 is 10.3 Å². The molecule has 11 heavy (non-hydrogen) atoms. The quantitative estimate of drug-likeness (QED) is 0.455. The zero-order chi connectivity index (χ0) is 9.49. The van der Waals surface area contributed by atoms with Crippen molar-refractivity contribution in [1.82, 2.24) is 4.31 Å². The molecule has 0 bridgehead atoms. The number of aliphatic hydroxyl groups excluding tert-OH is 1. The number of hydrogen-bond donors (Lipinski definition) is 2. The van der Waals surface area contributed by atoms with Crippen LogP contribution in [-0.4, -0.2) is 49.6 Å². The van der Waals surface area contributed by atoms with Gasteiger partial charge in [-0.15, -0.1) is 0 Å². The Morgan fingerprint density at radius 3 is 1.73 bits per heavy atom. The Hall–Kier alpha value is -0.210. The summed E-state index contributed by atoms with van der Waals surface area (Å²) in [6, 6.07) is 0. The SMILES string of the molecule is CN(C)S(=O)(=O)[O-].[NH3+]CCO. The van der Waals surface area contributed by atoms with Crippen LogP contribution in [0.3, 0.4) is 0 Å². The van der Waals surface area contributed by atoms with Crippen LogP contribution < -0.4 is 5.73 Å². The van der Waals surface area contributed by atoms with E-state index in [4.69, 9.17) is 5.11 Å². The summed E-state index contributed by atoms with van der Waals surface area (Å²) in [4.78, 5) is 0. The van der Waals surface area contributed by atoms with Crippen LogP contribution in [0.25, 0.3) is 0 Å². The second kappa shape index (κ2) is 6.50. The van der Waals surface area contributed by atoms with Gasteiger partial charge in [0.25, 0.3) is 0 Å². The largest absolute Gasteiger partial charge is 0.735 e. The minimum absolute atomic E-state index is 0.208. The number of quaternary nitrogens is 1. The minimum atomic E-state index is -4.16. The maximum atomic E-state index is 9.70. The lowest BCUT2D eigenvalue weighted by Crippen LogP contribution is -2.51. The van der Waals surface area contributed by atoms with Gasteiger partial charge < -0.3 is 15.4 Å². The average molecular weight is 186 g/mol. The lowest BCUT2D eigenvalue weighted by atomic mass is 10.8. The van der Waals surface area contributed by atoms with Gasteiger partial charge in [0.1, 0.15) is 0 Å². The lowest BCUT2D eigenvalue weighted by molar-refractivity contribution is -0.372. The van der Waals surface area contributed by atoms with E-state index in [1.54, 1.807) is 0 Å². The molecule has 4 N–H and O–H groups in total. The molecule has 0 aliphatic rings. The number of aliphatic hydroxyl groups is 1. The summed E-state index contributed by atoms with van der Waals surface area (Å²) in [5, 5.41) is 7.81. The first kappa shape index (κ1) is 13.4. The Morgan fingerprint density at radius 2 is 1.73 bits per heavy atom. The molecule has 7 heteroatoms. The van der Waals surface area contributed by atoms with Crippen molar-refractivity contribution < 1.29 is 23.8 Å². The van der Waals surface area contributed by atoms with Gasteiger partial charge in [-0.3, -0.25) is 0 Å². The normalized spacial score (nSPS) is 10.7. The summed E-state index contributed by atoms with van der Waals surface area (Å²) in [7, 11) is -1.79. The Balaban J connectivity index is 0. The molecule has 0 rings (SSSR count). The molecule has 0 amide bonds. The standard InChI is InChI=1S/C2H7NO3S.C2H7NO/c1-3(2)7(4,5)6;3-1-2-4/h1-2H3,(H,4,5,6);4H,1-3H2. The van der Waals surface area contributed by atoms with Crippen molar-refractivity contribution in [1.29, 1.82) is 0 Å². The summed E-state index contributed by atoms with van der Waals surface area (Å²) < 4.78 is 29.7. The van der Waals surface area contributed by atoms with E-state index in [0.29, 0.717) is 10.8 Å². The average Bonchev–Trinajstić information content (AvgIpc) is 1.87. The molecule has 0 aliphatic heterocycles. The molecule has 0 spiro atoms. The van der Waals surface area contributed by atoms with E-state index in [1.807, 2.05) is 0 Å². The maximum absolute atomic E-state index is 9.70. The van der Waals surface area contributed by atoms with Crippen LogP contribution in [0, 0.1) is 0 Å². The molecule has 0 unspecified atom stereocenters. The summed E-state index contributed by atoms with van der Waals surface area (Å²) in [5.74, 6) is 0. The second-order valence-corrected chi connectivity index (χ2v) is 3.40. The van der Waals surface area contributed by atoms with Crippen molar-refractivity contribution in [2.75, 3.05) is 27.2 Å². The molecule has 0 aromatic rings. The van der Waals surface area contributed by atoms with Crippen LogP contribution in [0.2, 0.25) is 0 Å². The summed E-state index contributed by atoms with van der Waals surface area (Å²) in [6.45, 7) is 0.833. The highest BCUT2D eigenvalue weighted by Crippen LogP contribution is 1.81. The fraction of sp³-hybridized carbons (Fsp3) is 1.00. The van der Waals surface area contributed by atoms with Gasteiger partial charge in [-0.2, -0.15) is 0 Å². The Bertz CT molecular complexity index is 163. The summed E-state index contributed by atoms with van der Waals surface area (Å²) in [5.41, 5.74) is 3.35. The maximum Gasteiger partial charge on any atom is 0.161 e. The van der Waals surface area contributed by atoms with Gasteiger partial charge in [0.2, 0.25) is 0 Å². The molecule has 0 aliphatic carbocycles. The van der Waals surface area contributed by atoms with E-state index in [2.05, 4.69) is 5.73 Å². The van der Waals surface area contributed by atoms with Gasteiger partial charge in [-0.05, 0) is 0 Å². The van der Waals surface area contributed by atoms with Crippen molar-refractivity contribution in [2.45, 2.75) is 0 Å². The minimum Gasteiger partial charge on any atom is -0.735 e. The van der Waals surface area contributed by atoms with Crippen molar-refractivity contribution in [3.8, 4) is 0 Å². The van der Waals surface area contributed by atoms with E-state index in [1.165, 1.54) is 14.1 Å². The molecule has 6 nitrogen and oxygen atoms in total. The molecule has 0 saturated heterocycles. The van der Waals surface area contributed by atoms with Crippen LogP contribution in [0.4, 0.5) is 0 Å². The molecule has 0 heterocycles. The number of hydrogen-bond acceptors (Lipinski definition) is 4. The van der Waals surface area contributed by atoms with Gasteiger partial charge in [0.15, 0.2) is 10.3 Å². The van der Waals surface area contributed by atoms with Crippen molar-refractivity contribution in [2.24, 2.45) is 0 Å². The molecule has 0 aromatic carbocycles. The van der Waals surface area contributed by atoms with Crippen LogP contribution >= 0.6 is 0 Å². The Labute approximate surface area is 66.5 Å². The van der Waals surface area contributed by atoms with Crippen LogP contribution in [0.1, 0.15) is 0 Å². The molecular weight excluding hydrogens is 172 g/mol. The lowest BCUT2D eigenvalue weighted by Gasteiger charge is -2.12. The van der Waals surface area contributed by atoms with Crippen molar-refractivity contribution in [3.63, 3.8) is 0 Å². The first-order valence-electron chi connectivity index (χ1n) is 2.89. The highest BCUT2D eigenvalue weighted by Gasteiger charge is 1.92. The van der Waals surface area contributed by atoms with E-state index >= 15 is 0 Å². The van der Waals surface area contributed by atoms with Crippen LogP contribution in [0.15, 0.2) is 0 Å². The van der Waals surface area contributed by atoms with Gasteiger partial charge in [0, 0.05) is 14.1 Å². The molecule has 0 radical (unpaired) electrons. The number of nitrogens with zero attached hydrogens (tertiary/aromatic N) is 1. The highest BCUT2D eigenvalue weighted by atomic mass is 32.2. The molecule has 70 valence electrons. The predicted molar refractivity (Wildman–Crippen MR) is 38.2 cm³/mol. The molecular formula is C4H14N2O4S. The summed E-state index contributed by atoms with van der Waals surface area (Å²) in [6.07, 6.45) is 0. The first-order chi connectivity index (χ1) is 4.86. The Morgan fingerprint density at radius 1 is 1.55 bits per heavy atom. The monoisotopic (exact) mass is 186 g/mol. The first-order valence-corrected chi connectivity index (χ1v) is 4.26. The third-order valence-electron chi connectivity index (χ3n) is 0.605. The fourth-order valence-corrected chi connectivity index (χ4v) is 0. The van der Waals surface area contributed by atoms with Gasteiger partial charge >= 0.3 is 0 Å². The molecule has 0 atom stereocenters. The van der Waals surface area contributed by atoms with Crippen LogP contribution in [0.5, 0.6) is 0 Å². The summed E-state index contributed by atoms with van der Waals surface area (Å²) >= 11 is 0. The predicted octanol–water partition coefficient (Wildman–Crippen LogP) is -2.77. The van der Waals surface area contributed by atoms with Gasteiger partial charge in [-0.1, -0.05) is 0 Å². The number of rotatable bonds is 2. The van der Waals surface area contributed by atoms with E-state index in [-0.39, 0.29) is 6.61 Å². The smallest absolute Gasteiger partial charge is 0.161 e. The van der Waals surface area contributed by atoms with E-state index in [0.717, 1.165) is 0 Å². The molecule has 0 aromatic heterocycles. The highest BCUT2D eigenvalue weighted by molar-refractivity contribution is 7.83. The van der Waals surface area contributed by atoms with E-state index in [9.17, 15) is 13.0 Å². The van der Waals surface area contributed by atoms with Crippen molar-refractivity contribution >= 4 is 10.3 Å². The molecule has 0 fully saturated rings. The van der Waals surface area contributed by atoms with Crippen molar-refractivity contribution in [3.05, 3.63) is 0 Å². The third-order valence-corrected chi connectivity index (χ3v) is 1.50. The second-order valence-electron chi connectivity index (χ2n) is 1.82. The van der Waals surface area contributed by atoms with Gasteiger partial charge in [0.05, 0.1) is 13.2 Å². The van der Waals surface area contributed by atoms with Gasteiger partial charge in [-0.25, -0.2) is 12.7 Å². The third kappa shape index (κ3) is 12.9. The van der Waals surface area contributed by atoms with Crippen LogP contribution in [-0.2, 0) is 10.3 Å². The zero-order valence-corrected chi connectivity index (χ0v) is 7.47.